The lowest BCUT2D eigenvalue weighted by molar-refractivity contribution is 0.200. The van der Waals surface area contributed by atoms with E-state index in [-0.39, 0.29) is 0 Å². The molecule has 94 valence electrons. The average molecular weight is 224 g/mol. The lowest BCUT2D eigenvalue weighted by atomic mass is 9.90. The van der Waals surface area contributed by atoms with Gasteiger partial charge in [-0.25, -0.2) is 0 Å². The number of piperidine rings is 1. The van der Waals surface area contributed by atoms with Crippen molar-refractivity contribution in [3.05, 3.63) is 0 Å². The smallest absolute Gasteiger partial charge is 0.0197 e. The zero-order valence-corrected chi connectivity index (χ0v) is 11.0. The van der Waals surface area contributed by atoms with Gasteiger partial charge in [0, 0.05) is 19.1 Å². The second-order valence-electron chi connectivity index (χ2n) is 5.75. The predicted octanol–water partition coefficient (Wildman–Crippen LogP) is 2.50. The average Bonchev–Trinajstić information content (AvgIpc) is 3.12. The minimum Gasteiger partial charge on any atom is -0.313 e. The third-order valence-corrected chi connectivity index (χ3v) is 4.32. The highest BCUT2D eigenvalue weighted by atomic mass is 15.2. The quantitative estimate of drug-likeness (QED) is 0.746. The van der Waals surface area contributed by atoms with Crippen LogP contribution in [0.25, 0.3) is 0 Å². The number of hydrogen-bond acceptors (Lipinski definition) is 2. The summed E-state index contributed by atoms with van der Waals surface area (Å²) in [5.41, 5.74) is 0. The largest absolute Gasteiger partial charge is 0.313 e. The van der Waals surface area contributed by atoms with Gasteiger partial charge in [0.05, 0.1) is 0 Å². The highest BCUT2D eigenvalue weighted by molar-refractivity contribution is 4.83. The van der Waals surface area contributed by atoms with E-state index in [0.29, 0.717) is 0 Å². The van der Waals surface area contributed by atoms with Crippen molar-refractivity contribution in [2.45, 2.75) is 52.0 Å². The van der Waals surface area contributed by atoms with Crippen LogP contribution in [0.2, 0.25) is 0 Å². The molecule has 2 rings (SSSR count). The topological polar surface area (TPSA) is 15.3 Å². The van der Waals surface area contributed by atoms with Gasteiger partial charge in [0.1, 0.15) is 0 Å². The van der Waals surface area contributed by atoms with E-state index < -0.39 is 0 Å². The van der Waals surface area contributed by atoms with Gasteiger partial charge >= 0.3 is 0 Å². The van der Waals surface area contributed by atoms with E-state index in [0.717, 1.165) is 17.9 Å². The molecule has 0 aromatic carbocycles. The highest BCUT2D eigenvalue weighted by Crippen LogP contribution is 2.30. The molecule has 0 radical (unpaired) electrons. The fraction of sp³-hybridized carbons (Fsp3) is 1.00. The van der Waals surface area contributed by atoms with Gasteiger partial charge in [0.2, 0.25) is 0 Å². The molecule has 2 unspecified atom stereocenters. The number of rotatable bonds is 6. The third kappa shape index (κ3) is 3.74. The summed E-state index contributed by atoms with van der Waals surface area (Å²) in [5, 5.41) is 3.70. The van der Waals surface area contributed by atoms with Crippen LogP contribution in [-0.4, -0.2) is 37.1 Å². The van der Waals surface area contributed by atoms with E-state index in [4.69, 9.17) is 0 Å². The second-order valence-corrected chi connectivity index (χ2v) is 5.75. The molecule has 1 aliphatic heterocycles. The van der Waals surface area contributed by atoms with Gasteiger partial charge in [-0.2, -0.15) is 0 Å². The number of likely N-dealkylation sites (N-methyl/N-ethyl adjacent to an activating group) is 1. The van der Waals surface area contributed by atoms with Gasteiger partial charge in [-0.05, 0) is 50.6 Å². The first-order valence-corrected chi connectivity index (χ1v) is 7.27. The summed E-state index contributed by atoms with van der Waals surface area (Å²) < 4.78 is 0. The molecule has 1 saturated carbocycles. The van der Waals surface area contributed by atoms with Crippen LogP contribution in [-0.2, 0) is 0 Å². The summed E-state index contributed by atoms with van der Waals surface area (Å²) >= 11 is 0. The van der Waals surface area contributed by atoms with Crippen molar-refractivity contribution >= 4 is 0 Å². The maximum Gasteiger partial charge on any atom is 0.0197 e. The fourth-order valence-electron chi connectivity index (χ4n) is 2.91. The molecule has 2 aliphatic rings. The number of nitrogens with zero attached hydrogens (tertiary/aromatic N) is 1. The summed E-state index contributed by atoms with van der Waals surface area (Å²) in [7, 11) is 0. The molecule has 2 atom stereocenters. The Morgan fingerprint density at radius 3 is 2.50 bits per heavy atom. The van der Waals surface area contributed by atoms with Crippen LogP contribution in [0.1, 0.15) is 46.0 Å². The van der Waals surface area contributed by atoms with E-state index in [1.54, 1.807) is 0 Å². The highest BCUT2D eigenvalue weighted by Gasteiger charge is 2.26. The Kier molecular flexibility index (Phi) is 4.66. The predicted molar refractivity (Wildman–Crippen MR) is 69.6 cm³/mol. The Morgan fingerprint density at radius 2 is 1.88 bits per heavy atom. The Morgan fingerprint density at radius 1 is 1.06 bits per heavy atom. The van der Waals surface area contributed by atoms with Gasteiger partial charge in [-0.1, -0.05) is 20.3 Å². The second kappa shape index (κ2) is 6.02. The van der Waals surface area contributed by atoms with E-state index >= 15 is 0 Å². The van der Waals surface area contributed by atoms with Crippen molar-refractivity contribution in [3.8, 4) is 0 Å². The first-order valence-electron chi connectivity index (χ1n) is 7.27. The molecule has 0 aromatic heterocycles. The van der Waals surface area contributed by atoms with E-state index in [9.17, 15) is 0 Å². The molecular formula is C14H28N2. The van der Waals surface area contributed by atoms with E-state index in [1.807, 2.05) is 0 Å². The molecule has 2 heteroatoms. The van der Waals surface area contributed by atoms with Crippen molar-refractivity contribution in [2.75, 3.05) is 26.2 Å². The van der Waals surface area contributed by atoms with E-state index in [2.05, 4.69) is 24.1 Å². The zero-order valence-electron chi connectivity index (χ0n) is 11.0. The molecule has 1 aliphatic carbocycles. The SMILES string of the molecule is CCC1CCNC(CN(CC)CC2CC2)C1. The van der Waals surface area contributed by atoms with Crippen LogP contribution in [0.5, 0.6) is 0 Å². The lowest BCUT2D eigenvalue weighted by Crippen LogP contribution is -2.46. The first-order chi connectivity index (χ1) is 7.81. The molecule has 0 aromatic rings. The van der Waals surface area contributed by atoms with Crippen molar-refractivity contribution in [3.63, 3.8) is 0 Å². The van der Waals surface area contributed by atoms with Crippen molar-refractivity contribution in [1.29, 1.82) is 0 Å². The monoisotopic (exact) mass is 224 g/mol. The molecule has 1 saturated heterocycles. The summed E-state index contributed by atoms with van der Waals surface area (Å²) in [4.78, 5) is 2.66. The maximum absolute atomic E-state index is 3.70. The summed E-state index contributed by atoms with van der Waals surface area (Å²) in [5.74, 6) is 2.01. The van der Waals surface area contributed by atoms with Crippen LogP contribution in [0.15, 0.2) is 0 Å². The van der Waals surface area contributed by atoms with Crippen molar-refractivity contribution in [2.24, 2.45) is 11.8 Å². The Bertz CT molecular complexity index is 201. The molecule has 0 spiro atoms. The molecule has 2 nitrogen and oxygen atoms in total. The van der Waals surface area contributed by atoms with Crippen LogP contribution >= 0.6 is 0 Å². The Labute approximate surface area is 101 Å². The number of hydrogen-bond donors (Lipinski definition) is 1. The molecule has 1 N–H and O–H groups in total. The van der Waals surface area contributed by atoms with Crippen LogP contribution < -0.4 is 5.32 Å². The summed E-state index contributed by atoms with van der Waals surface area (Å²) in [6.07, 6.45) is 7.12. The van der Waals surface area contributed by atoms with Crippen LogP contribution in [0.4, 0.5) is 0 Å². The molecule has 1 heterocycles. The molecule has 2 fully saturated rings. The molecular weight excluding hydrogens is 196 g/mol. The Hall–Kier alpha value is -0.0800. The van der Waals surface area contributed by atoms with E-state index in [1.165, 1.54) is 58.3 Å². The van der Waals surface area contributed by atoms with Crippen LogP contribution in [0, 0.1) is 11.8 Å². The Balaban J connectivity index is 1.72. The lowest BCUT2D eigenvalue weighted by Gasteiger charge is -2.33. The summed E-state index contributed by atoms with van der Waals surface area (Å²) in [6, 6.07) is 0.761. The first kappa shape index (κ1) is 12.4. The fourth-order valence-corrected chi connectivity index (χ4v) is 2.91. The molecule has 16 heavy (non-hydrogen) atoms. The zero-order chi connectivity index (χ0) is 11.4. The number of nitrogens with one attached hydrogen (secondary N) is 1. The standard InChI is InChI=1S/C14H28N2/c1-3-12-7-8-15-14(9-12)11-16(4-2)10-13-5-6-13/h12-15H,3-11H2,1-2H3. The minimum absolute atomic E-state index is 0.761. The minimum atomic E-state index is 0.761. The third-order valence-electron chi connectivity index (χ3n) is 4.32. The van der Waals surface area contributed by atoms with Gasteiger partial charge in [-0.3, -0.25) is 0 Å². The van der Waals surface area contributed by atoms with Crippen LogP contribution in [0.3, 0.4) is 0 Å². The van der Waals surface area contributed by atoms with Gasteiger partial charge in [0.15, 0.2) is 0 Å². The molecule has 0 bridgehead atoms. The van der Waals surface area contributed by atoms with Gasteiger partial charge in [0.25, 0.3) is 0 Å². The normalized spacial score (nSPS) is 30.9. The molecule has 0 amide bonds. The summed E-state index contributed by atoms with van der Waals surface area (Å²) in [6.45, 7) is 9.75. The van der Waals surface area contributed by atoms with Crippen molar-refractivity contribution < 1.29 is 0 Å². The van der Waals surface area contributed by atoms with Gasteiger partial charge < -0.3 is 10.2 Å². The van der Waals surface area contributed by atoms with Crippen molar-refractivity contribution in [1.82, 2.24) is 10.2 Å². The van der Waals surface area contributed by atoms with Gasteiger partial charge in [-0.15, -0.1) is 0 Å². The maximum atomic E-state index is 3.70.